The maximum atomic E-state index is 12.7. The van der Waals surface area contributed by atoms with Gasteiger partial charge in [-0.25, -0.2) is 0 Å². The molecule has 3 aliphatic carbocycles. The molecule has 4 aliphatic rings. The van der Waals surface area contributed by atoms with Crippen LogP contribution in [0.5, 0.6) is 5.75 Å². The largest absolute Gasteiger partial charge is 0.497 e. The molecule has 140 valence electrons. The summed E-state index contributed by atoms with van der Waals surface area (Å²) in [7, 11) is 1.75. The summed E-state index contributed by atoms with van der Waals surface area (Å²) in [6.07, 6.45) is 8.41. The van der Waals surface area contributed by atoms with Crippen LogP contribution in [0.1, 0.15) is 56.1 Å². The first-order valence-electron chi connectivity index (χ1n) is 10.0. The normalized spacial score (nSPS) is 39.9. The molecule has 3 fully saturated rings. The number of fused-ring (bicyclic) bond motifs is 6. The molecule has 0 bridgehead atoms. The second-order valence-electron chi connectivity index (χ2n) is 8.80. The van der Waals surface area contributed by atoms with E-state index in [0.29, 0.717) is 15.9 Å². The molecule has 5 rings (SSSR count). The minimum Gasteiger partial charge on any atom is -0.497 e. The van der Waals surface area contributed by atoms with E-state index < -0.39 is 0 Å². The Balaban J connectivity index is 1.58. The van der Waals surface area contributed by atoms with Gasteiger partial charge in [-0.3, -0.25) is 0 Å². The van der Waals surface area contributed by atoms with Crippen molar-refractivity contribution in [1.29, 1.82) is 0 Å². The Morgan fingerprint density at radius 2 is 1.96 bits per heavy atom. The Morgan fingerprint density at radius 1 is 1.15 bits per heavy atom. The Labute approximate surface area is 165 Å². The van der Waals surface area contributed by atoms with Crippen LogP contribution in [0.2, 0.25) is 0 Å². The molecule has 4 atom stereocenters. The van der Waals surface area contributed by atoms with Gasteiger partial charge in [-0.1, -0.05) is 13.0 Å². The highest BCUT2D eigenvalue weighted by Crippen LogP contribution is 2.76. The highest BCUT2D eigenvalue weighted by molar-refractivity contribution is 8.21. The van der Waals surface area contributed by atoms with E-state index in [0.717, 1.165) is 25.0 Å². The molecule has 1 spiro atoms. The van der Waals surface area contributed by atoms with Crippen LogP contribution in [-0.4, -0.2) is 29.0 Å². The van der Waals surface area contributed by atoms with Gasteiger partial charge >= 0.3 is 0 Å². The summed E-state index contributed by atoms with van der Waals surface area (Å²) in [5.74, 6) is 4.54. The molecule has 0 radical (unpaired) electrons. The zero-order chi connectivity index (χ0) is 18.0. The number of hydrogen-bond donors (Lipinski definition) is 0. The molecule has 26 heavy (non-hydrogen) atoms. The molecule has 1 aromatic carbocycles. The van der Waals surface area contributed by atoms with Crippen molar-refractivity contribution in [3.63, 3.8) is 0 Å². The lowest BCUT2D eigenvalue weighted by molar-refractivity contribution is -0.133. The van der Waals surface area contributed by atoms with E-state index in [2.05, 4.69) is 48.6 Å². The molecule has 4 heteroatoms. The summed E-state index contributed by atoms with van der Waals surface area (Å²) >= 11 is 4.34. The lowest BCUT2D eigenvalue weighted by Gasteiger charge is -2.58. The zero-order valence-electron chi connectivity index (χ0n) is 15.8. The summed E-state index contributed by atoms with van der Waals surface area (Å²) in [5.41, 5.74) is 2.97. The molecule has 2 saturated carbocycles. The van der Waals surface area contributed by atoms with Gasteiger partial charge in [-0.05, 0) is 73.6 Å². The minimum atomic E-state index is -0.127. The number of rotatable bonds is 2. The highest BCUT2D eigenvalue weighted by atomic mass is 32.2. The lowest BCUT2D eigenvalue weighted by atomic mass is 9.48. The Bertz CT molecular complexity index is 742. The van der Waals surface area contributed by atoms with Gasteiger partial charge < -0.3 is 9.53 Å². The first-order valence-corrected chi connectivity index (χ1v) is 12.0. The average Bonchev–Trinajstić information content (AvgIpc) is 3.26. The summed E-state index contributed by atoms with van der Waals surface area (Å²) in [6.45, 7) is 2.47. The number of benzene rings is 1. The van der Waals surface area contributed by atoms with Crippen LogP contribution in [0.4, 0.5) is 0 Å². The number of carbonyl (C=O) groups excluding carboxylic acids is 1. The maximum absolute atomic E-state index is 12.7. The fraction of sp³-hybridized carbons (Fsp3) is 0.682. The van der Waals surface area contributed by atoms with Crippen molar-refractivity contribution in [3.8, 4) is 5.75 Å². The molecule has 0 unspecified atom stereocenters. The Morgan fingerprint density at radius 3 is 2.69 bits per heavy atom. The number of thioether (sulfide) groups is 2. The van der Waals surface area contributed by atoms with E-state index in [4.69, 9.17) is 4.74 Å². The average molecular weight is 389 g/mol. The SMILES string of the molecule is COc1ccc2c(c1)CC[C@@H]1[C@@H]2CC[C@]2(C)C3(CC[C@@]12C=O)SCCS3. The number of methoxy groups -OCH3 is 1. The van der Waals surface area contributed by atoms with Crippen LogP contribution < -0.4 is 4.74 Å². The van der Waals surface area contributed by atoms with Gasteiger partial charge in [0.05, 0.1) is 11.2 Å². The van der Waals surface area contributed by atoms with E-state index >= 15 is 0 Å². The van der Waals surface area contributed by atoms with E-state index in [9.17, 15) is 4.79 Å². The maximum Gasteiger partial charge on any atom is 0.127 e. The first kappa shape index (κ1) is 17.5. The van der Waals surface area contributed by atoms with Crippen LogP contribution in [0, 0.1) is 16.7 Å². The standard InChI is InChI=1S/C22H28O2S2/c1-20-8-7-18-17-5-4-16(24-2)13-15(17)3-6-19(18)21(20,14-23)9-10-22(20)25-11-12-26-22/h4-5,13-14,18-19H,3,6-12H2,1-2H3/t18-,19-,20+,21-/m1/s1. The van der Waals surface area contributed by atoms with Crippen molar-refractivity contribution in [2.24, 2.45) is 16.7 Å². The van der Waals surface area contributed by atoms with Gasteiger partial charge in [0.2, 0.25) is 0 Å². The van der Waals surface area contributed by atoms with E-state index in [1.54, 1.807) is 7.11 Å². The van der Waals surface area contributed by atoms with Crippen molar-refractivity contribution in [2.75, 3.05) is 18.6 Å². The summed E-state index contributed by atoms with van der Waals surface area (Å²) < 4.78 is 5.74. The lowest BCUT2D eigenvalue weighted by Crippen LogP contribution is -2.55. The number of ether oxygens (including phenoxy) is 1. The third-order valence-electron chi connectivity index (χ3n) is 8.28. The summed E-state index contributed by atoms with van der Waals surface area (Å²) in [5, 5.41) is 0. The molecule has 1 aromatic rings. The van der Waals surface area contributed by atoms with Gasteiger partial charge in [-0.15, -0.1) is 23.5 Å². The topological polar surface area (TPSA) is 26.3 Å². The molecule has 0 aromatic heterocycles. The van der Waals surface area contributed by atoms with Crippen LogP contribution in [0.15, 0.2) is 18.2 Å². The molecule has 1 heterocycles. The van der Waals surface area contributed by atoms with Crippen molar-refractivity contribution in [2.45, 2.75) is 55.4 Å². The predicted molar refractivity (Wildman–Crippen MR) is 110 cm³/mol. The smallest absolute Gasteiger partial charge is 0.127 e. The third-order valence-corrected chi connectivity index (χ3v) is 12.3. The molecule has 1 aliphatic heterocycles. The zero-order valence-corrected chi connectivity index (χ0v) is 17.4. The van der Waals surface area contributed by atoms with Gasteiger partial charge in [0.15, 0.2) is 0 Å². The van der Waals surface area contributed by atoms with E-state index in [-0.39, 0.29) is 10.8 Å². The molecule has 1 saturated heterocycles. The Kier molecular flexibility index (Phi) is 4.00. The second-order valence-corrected chi connectivity index (χ2v) is 11.8. The molecule has 0 N–H and O–H groups in total. The number of aryl methyl sites for hydroxylation is 1. The molecule has 0 amide bonds. The summed E-state index contributed by atoms with van der Waals surface area (Å²) in [6, 6.07) is 6.63. The van der Waals surface area contributed by atoms with Gasteiger partial charge in [0, 0.05) is 22.3 Å². The third kappa shape index (κ3) is 2.01. The molecule has 2 nitrogen and oxygen atoms in total. The quantitative estimate of drug-likeness (QED) is 0.643. The monoisotopic (exact) mass is 388 g/mol. The van der Waals surface area contributed by atoms with Crippen LogP contribution in [-0.2, 0) is 11.2 Å². The van der Waals surface area contributed by atoms with Gasteiger partial charge in [-0.2, -0.15) is 0 Å². The number of aldehydes is 1. The van der Waals surface area contributed by atoms with Gasteiger partial charge in [0.1, 0.15) is 12.0 Å². The fourth-order valence-corrected chi connectivity index (χ4v) is 10.8. The fourth-order valence-electron chi connectivity index (χ4n) is 6.92. The van der Waals surface area contributed by atoms with E-state index in [1.165, 1.54) is 48.2 Å². The number of hydrogen-bond acceptors (Lipinski definition) is 4. The van der Waals surface area contributed by atoms with Crippen LogP contribution >= 0.6 is 23.5 Å². The first-order chi connectivity index (χ1) is 12.6. The molecular weight excluding hydrogens is 360 g/mol. The van der Waals surface area contributed by atoms with Gasteiger partial charge in [0.25, 0.3) is 0 Å². The Hall–Kier alpha value is -0.610. The van der Waals surface area contributed by atoms with Crippen molar-refractivity contribution < 1.29 is 9.53 Å². The summed E-state index contributed by atoms with van der Waals surface area (Å²) in [4.78, 5) is 12.7. The highest BCUT2D eigenvalue weighted by Gasteiger charge is 2.71. The van der Waals surface area contributed by atoms with Crippen molar-refractivity contribution in [3.05, 3.63) is 29.3 Å². The number of carbonyl (C=O) groups is 1. The van der Waals surface area contributed by atoms with E-state index in [1.807, 2.05) is 0 Å². The molecular formula is C22H28O2S2. The predicted octanol–water partition coefficient (Wildman–Crippen LogP) is 5.30. The second kappa shape index (κ2) is 5.94. The van der Waals surface area contributed by atoms with Crippen molar-refractivity contribution in [1.82, 2.24) is 0 Å². The van der Waals surface area contributed by atoms with Crippen LogP contribution in [0.3, 0.4) is 0 Å². The van der Waals surface area contributed by atoms with Crippen LogP contribution in [0.25, 0.3) is 0 Å². The minimum absolute atomic E-state index is 0.127. The van der Waals surface area contributed by atoms with Crippen molar-refractivity contribution >= 4 is 29.8 Å².